The molecule has 17 nitrogen and oxygen atoms in total. The van der Waals surface area contributed by atoms with E-state index in [1.54, 1.807) is 0 Å². The lowest BCUT2D eigenvalue weighted by Crippen LogP contribution is -2.30. The maximum Gasteiger partial charge on any atom is 0.472 e. The molecule has 0 aliphatic carbocycles. The third-order valence-corrected chi connectivity index (χ3v) is 18.1. The van der Waals surface area contributed by atoms with E-state index in [9.17, 15) is 43.2 Å². The Labute approximate surface area is 607 Å². The van der Waals surface area contributed by atoms with Gasteiger partial charge in [-0.15, -0.1) is 0 Å². The first-order valence-electron chi connectivity index (χ1n) is 39.1. The van der Waals surface area contributed by atoms with Gasteiger partial charge in [-0.2, -0.15) is 0 Å². The monoisotopic (exact) mass is 1450 g/mol. The first-order valence-corrected chi connectivity index (χ1v) is 42.1. The fourth-order valence-corrected chi connectivity index (χ4v) is 11.8. The topological polar surface area (TPSA) is 237 Å². The number of ether oxygens (including phenoxy) is 4. The van der Waals surface area contributed by atoms with Gasteiger partial charge in [-0.25, -0.2) is 9.13 Å². The summed E-state index contributed by atoms with van der Waals surface area (Å²) in [5, 5.41) is 10.6. The minimum Gasteiger partial charge on any atom is -0.462 e. The molecule has 0 aliphatic rings. The standard InChI is InChI=1S/C81H140O17P2/c1-5-9-13-17-21-25-29-33-35-37-39-43-46-50-54-58-62-66-79(84)92-72-77(98-81(86)68-64-60-56-52-48-44-40-38-36-34-30-26-22-18-14-10-6-2)74-96-100(89,90)94-70-75(82)69-93-99(87,88)95-73-76(97-80(85)67-63-59-55-51-47-42-32-28-24-20-16-12-8-4)71-91-78(83)65-61-57-53-49-45-41-31-27-23-19-15-11-7-3/h21-22,25-27,31,33-36,39-40,43-44,50,52,54,56,75-77,82H,5-20,23-24,28-30,32,37-38,41-42,45-49,51,53,55,57-74H2,1-4H3,(H,87,88)(H,89,90)/b25-21-,26-22-,31-27-,35-33-,36-34-,43-39-,44-40-,54-50-,56-52-/t75-,76-,77-/m1/s1. The van der Waals surface area contributed by atoms with Crippen LogP contribution in [0.15, 0.2) is 109 Å². The molecule has 0 aromatic carbocycles. The fraction of sp³-hybridized carbons (Fsp3) is 0.728. The molecule has 0 saturated heterocycles. The smallest absolute Gasteiger partial charge is 0.462 e. The fourth-order valence-electron chi connectivity index (χ4n) is 10.2. The van der Waals surface area contributed by atoms with Crippen LogP contribution in [0.25, 0.3) is 0 Å². The van der Waals surface area contributed by atoms with Crippen molar-refractivity contribution in [1.29, 1.82) is 0 Å². The number of hydrogen-bond acceptors (Lipinski definition) is 15. The van der Waals surface area contributed by atoms with E-state index in [1.165, 1.54) is 116 Å². The Hall–Kier alpha value is -4.28. The summed E-state index contributed by atoms with van der Waals surface area (Å²) in [6.07, 6.45) is 78.0. The van der Waals surface area contributed by atoms with Gasteiger partial charge in [0.05, 0.1) is 26.4 Å². The molecule has 0 rings (SSSR count). The number of unbranched alkanes of at least 4 members (excludes halogenated alkanes) is 29. The summed E-state index contributed by atoms with van der Waals surface area (Å²) in [5.74, 6) is -2.30. The number of aliphatic hydroxyl groups is 1. The summed E-state index contributed by atoms with van der Waals surface area (Å²) in [7, 11) is -9.98. The van der Waals surface area contributed by atoms with Crippen molar-refractivity contribution in [1.82, 2.24) is 0 Å². The van der Waals surface area contributed by atoms with Crippen LogP contribution in [-0.2, 0) is 65.4 Å². The lowest BCUT2D eigenvalue weighted by molar-refractivity contribution is -0.161. The highest BCUT2D eigenvalue weighted by atomic mass is 31.2. The maximum absolute atomic E-state index is 13.1. The molecule has 0 spiro atoms. The quantitative estimate of drug-likeness (QED) is 0.0169. The summed E-state index contributed by atoms with van der Waals surface area (Å²) in [6, 6.07) is 0. The van der Waals surface area contributed by atoms with Crippen LogP contribution in [0.4, 0.5) is 0 Å². The second kappa shape index (κ2) is 73.0. The van der Waals surface area contributed by atoms with E-state index in [-0.39, 0.29) is 25.7 Å². The van der Waals surface area contributed by atoms with Crippen LogP contribution in [0.3, 0.4) is 0 Å². The summed E-state index contributed by atoms with van der Waals surface area (Å²) in [6.45, 7) is 4.69. The second-order valence-electron chi connectivity index (χ2n) is 25.9. The molecule has 2 unspecified atom stereocenters. The Morgan fingerprint density at radius 2 is 0.500 bits per heavy atom. The molecule has 0 amide bonds. The third kappa shape index (κ3) is 72.1. The van der Waals surface area contributed by atoms with E-state index in [4.69, 9.17) is 37.0 Å². The van der Waals surface area contributed by atoms with Crippen LogP contribution in [0.5, 0.6) is 0 Å². The van der Waals surface area contributed by atoms with Crippen molar-refractivity contribution in [2.75, 3.05) is 39.6 Å². The predicted octanol–water partition coefficient (Wildman–Crippen LogP) is 22.6. The number of rotatable bonds is 73. The molecule has 0 aromatic rings. The Morgan fingerprint density at radius 3 is 0.840 bits per heavy atom. The van der Waals surface area contributed by atoms with Crippen molar-refractivity contribution in [3.8, 4) is 0 Å². The van der Waals surface area contributed by atoms with Crippen LogP contribution in [-0.4, -0.2) is 96.7 Å². The average Bonchev–Trinajstić information content (AvgIpc) is 1.15. The van der Waals surface area contributed by atoms with Gasteiger partial charge in [0, 0.05) is 25.7 Å². The predicted molar refractivity (Wildman–Crippen MR) is 408 cm³/mol. The molecular weight excluding hydrogens is 1310 g/mol. The number of esters is 4. The van der Waals surface area contributed by atoms with Crippen LogP contribution in [0.1, 0.15) is 323 Å². The normalized spacial score (nSPS) is 14.5. The van der Waals surface area contributed by atoms with Crippen molar-refractivity contribution in [3.63, 3.8) is 0 Å². The molecule has 5 atom stereocenters. The molecule has 0 heterocycles. The highest BCUT2D eigenvalue weighted by molar-refractivity contribution is 7.47. The third-order valence-electron chi connectivity index (χ3n) is 16.2. The number of carbonyl (C=O) groups excluding carboxylic acids is 4. The number of carbonyl (C=O) groups is 4. The largest absolute Gasteiger partial charge is 0.472 e. The van der Waals surface area contributed by atoms with Gasteiger partial charge in [-0.05, 0) is 128 Å². The number of aliphatic hydroxyl groups excluding tert-OH is 1. The summed E-state index contributed by atoms with van der Waals surface area (Å²) in [4.78, 5) is 72.8. The molecule has 0 bridgehead atoms. The molecule has 576 valence electrons. The van der Waals surface area contributed by atoms with Gasteiger partial charge >= 0.3 is 39.5 Å². The molecule has 19 heteroatoms. The van der Waals surface area contributed by atoms with Crippen LogP contribution >= 0.6 is 15.6 Å². The zero-order valence-corrected chi connectivity index (χ0v) is 64.6. The molecular formula is C81H140O17P2. The number of phosphoric ester groups is 2. The first-order chi connectivity index (χ1) is 48.7. The molecule has 0 aliphatic heterocycles. The molecule has 0 saturated carbocycles. The number of allylic oxidation sites excluding steroid dienone is 18. The summed E-state index contributed by atoms with van der Waals surface area (Å²) in [5.41, 5.74) is 0. The Bertz CT molecular complexity index is 2320. The summed E-state index contributed by atoms with van der Waals surface area (Å²) < 4.78 is 68.4. The average molecular weight is 1450 g/mol. The first kappa shape index (κ1) is 95.7. The SMILES string of the molecule is CCCCC/C=C\C/C=C\C/C=C\C/C=C\CCCC(=O)OC[C@H](COP(=O)(O)OC[C@H](O)COP(=O)(O)OC[C@@H](COC(=O)CCCCCCC/C=C\CCCCCC)OC(=O)CCCCCCCCCCCCCCC)OC(=O)CCC/C=C\C/C=C\C/C=C\C/C=C\CCCCC. The number of hydrogen-bond donors (Lipinski definition) is 3. The molecule has 0 fully saturated rings. The van der Waals surface area contributed by atoms with Crippen molar-refractivity contribution >= 4 is 39.5 Å². The van der Waals surface area contributed by atoms with Gasteiger partial charge < -0.3 is 33.8 Å². The minimum atomic E-state index is -5.00. The highest BCUT2D eigenvalue weighted by Crippen LogP contribution is 2.45. The van der Waals surface area contributed by atoms with Gasteiger partial charge in [0.2, 0.25) is 0 Å². The van der Waals surface area contributed by atoms with Gasteiger partial charge in [0.25, 0.3) is 0 Å². The van der Waals surface area contributed by atoms with E-state index < -0.39 is 97.5 Å². The van der Waals surface area contributed by atoms with E-state index in [2.05, 4.69) is 113 Å². The maximum atomic E-state index is 13.1. The summed E-state index contributed by atoms with van der Waals surface area (Å²) >= 11 is 0. The number of phosphoric acid groups is 2. The highest BCUT2D eigenvalue weighted by Gasteiger charge is 2.30. The Balaban J connectivity index is 5.45. The van der Waals surface area contributed by atoms with Gasteiger partial charge in [0.1, 0.15) is 19.3 Å². The molecule has 100 heavy (non-hydrogen) atoms. The Kier molecular flexibility index (Phi) is 69.9. The van der Waals surface area contributed by atoms with Crippen molar-refractivity contribution in [2.24, 2.45) is 0 Å². The van der Waals surface area contributed by atoms with E-state index in [1.807, 2.05) is 24.3 Å². The van der Waals surface area contributed by atoms with Gasteiger partial charge in [-0.3, -0.25) is 37.3 Å². The van der Waals surface area contributed by atoms with Crippen molar-refractivity contribution in [3.05, 3.63) is 109 Å². The van der Waals surface area contributed by atoms with Crippen molar-refractivity contribution < 1.29 is 80.2 Å². The van der Waals surface area contributed by atoms with Crippen molar-refractivity contribution in [2.45, 2.75) is 341 Å². The van der Waals surface area contributed by atoms with Crippen LogP contribution < -0.4 is 0 Å². The molecule has 0 aromatic heterocycles. The van der Waals surface area contributed by atoms with E-state index in [0.717, 1.165) is 116 Å². The minimum absolute atomic E-state index is 0.00642. The molecule has 3 N–H and O–H groups in total. The lowest BCUT2D eigenvalue weighted by atomic mass is 10.0. The second-order valence-corrected chi connectivity index (χ2v) is 28.9. The molecule has 0 radical (unpaired) electrons. The van der Waals surface area contributed by atoms with Gasteiger partial charge in [-0.1, -0.05) is 278 Å². The van der Waals surface area contributed by atoms with Crippen LogP contribution in [0, 0.1) is 0 Å². The zero-order valence-electron chi connectivity index (χ0n) is 62.8. The zero-order chi connectivity index (χ0) is 73.2. The lowest BCUT2D eigenvalue weighted by Gasteiger charge is -2.21. The van der Waals surface area contributed by atoms with Gasteiger partial charge in [0.15, 0.2) is 12.2 Å². The van der Waals surface area contributed by atoms with E-state index in [0.29, 0.717) is 38.5 Å². The van der Waals surface area contributed by atoms with E-state index >= 15 is 0 Å². The van der Waals surface area contributed by atoms with Crippen LogP contribution in [0.2, 0.25) is 0 Å². The Morgan fingerprint density at radius 1 is 0.280 bits per heavy atom.